The Labute approximate surface area is 75.9 Å². The molecule has 66 valence electrons. The molecule has 1 rings (SSSR count). The zero-order valence-electron chi connectivity index (χ0n) is 6.99. The highest BCUT2D eigenvalue weighted by Gasteiger charge is 2.05. The first-order valence-electron chi connectivity index (χ1n) is 3.81. The summed E-state index contributed by atoms with van der Waals surface area (Å²) in [5.41, 5.74) is 5.96. The number of hydrogen-bond acceptors (Lipinski definition) is 2. The Morgan fingerprint density at radius 3 is 2.38 bits per heavy atom. The maximum Gasteiger partial charge on any atom is 0.222 e. The summed E-state index contributed by atoms with van der Waals surface area (Å²) in [5, 5.41) is 0. The molecule has 0 saturated carbocycles. The summed E-state index contributed by atoms with van der Waals surface area (Å²) < 4.78 is 0. The molecule has 0 aliphatic heterocycles. The van der Waals surface area contributed by atoms with Crippen LogP contribution in [0.15, 0.2) is 30.3 Å². The van der Waals surface area contributed by atoms with Crippen molar-refractivity contribution >= 4 is 17.4 Å². The van der Waals surface area contributed by atoms with Crippen LogP contribution in [0.3, 0.4) is 0 Å². The molecular formula is C10H9NO2. The fourth-order valence-electron chi connectivity index (χ4n) is 1.01. The van der Waals surface area contributed by atoms with E-state index in [2.05, 4.69) is 0 Å². The van der Waals surface area contributed by atoms with Gasteiger partial charge in [-0.1, -0.05) is 30.3 Å². The SMILES string of the molecule is NC(=O)CC(=C=O)c1ccccc1. The van der Waals surface area contributed by atoms with Crippen LogP contribution in [0, 0.1) is 0 Å². The second-order valence-electron chi connectivity index (χ2n) is 2.59. The lowest BCUT2D eigenvalue weighted by Crippen LogP contribution is -2.10. The second kappa shape index (κ2) is 4.24. The van der Waals surface area contributed by atoms with Gasteiger partial charge in [-0.05, 0) is 5.56 Å². The Morgan fingerprint density at radius 2 is 1.92 bits per heavy atom. The Hall–Kier alpha value is -1.86. The number of benzene rings is 1. The molecule has 1 aromatic rings. The molecule has 0 bridgehead atoms. The van der Waals surface area contributed by atoms with Crippen LogP contribution >= 0.6 is 0 Å². The second-order valence-corrected chi connectivity index (χ2v) is 2.59. The molecule has 2 N–H and O–H groups in total. The van der Waals surface area contributed by atoms with E-state index >= 15 is 0 Å². The maximum atomic E-state index is 10.6. The summed E-state index contributed by atoms with van der Waals surface area (Å²) in [7, 11) is 0. The van der Waals surface area contributed by atoms with Gasteiger partial charge in [-0.15, -0.1) is 0 Å². The number of rotatable bonds is 3. The van der Waals surface area contributed by atoms with E-state index in [1.165, 1.54) is 0 Å². The van der Waals surface area contributed by atoms with Crippen molar-refractivity contribution in [2.24, 2.45) is 5.73 Å². The van der Waals surface area contributed by atoms with Crippen LogP contribution in [0.25, 0.3) is 5.57 Å². The molecule has 0 unspecified atom stereocenters. The van der Waals surface area contributed by atoms with E-state index in [1.807, 2.05) is 6.07 Å². The predicted octanol–water partition coefficient (Wildman–Crippen LogP) is 0.777. The molecule has 3 heteroatoms. The molecule has 0 radical (unpaired) electrons. The van der Waals surface area contributed by atoms with Gasteiger partial charge in [-0.25, -0.2) is 4.79 Å². The van der Waals surface area contributed by atoms with E-state index in [0.717, 1.165) is 0 Å². The maximum absolute atomic E-state index is 10.6. The third kappa shape index (κ3) is 2.58. The summed E-state index contributed by atoms with van der Waals surface area (Å²) in [4.78, 5) is 21.0. The molecule has 0 aliphatic rings. The fraction of sp³-hybridized carbons (Fsp3) is 0.100. The quantitative estimate of drug-likeness (QED) is 0.690. The van der Waals surface area contributed by atoms with E-state index in [9.17, 15) is 9.59 Å². The van der Waals surface area contributed by atoms with Crippen LogP contribution in [0.5, 0.6) is 0 Å². The molecule has 0 atom stereocenters. The normalized spacial score (nSPS) is 8.92. The van der Waals surface area contributed by atoms with Crippen molar-refractivity contribution in [2.75, 3.05) is 0 Å². The third-order valence-electron chi connectivity index (χ3n) is 1.60. The van der Waals surface area contributed by atoms with E-state index in [-0.39, 0.29) is 6.42 Å². The summed E-state index contributed by atoms with van der Waals surface area (Å²) in [6, 6.07) is 8.88. The van der Waals surface area contributed by atoms with Crippen LogP contribution < -0.4 is 5.73 Å². The fourth-order valence-corrected chi connectivity index (χ4v) is 1.01. The largest absolute Gasteiger partial charge is 0.369 e. The third-order valence-corrected chi connectivity index (χ3v) is 1.60. The highest BCUT2D eigenvalue weighted by atomic mass is 16.1. The zero-order chi connectivity index (χ0) is 9.68. The minimum absolute atomic E-state index is 0.0620. The summed E-state index contributed by atoms with van der Waals surface area (Å²) in [6.45, 7) is 0. The summed E-state index contributed by atoms with van der Waals surface area (Å²) in [5.74, 6) is 1.19. The van der Waals surface area contributed by atoms with Crippen LogP contribution in [0.2, 0.25) is 0 Å². The molecular weight excluding hydrogens is 166 g/mol. The highest BCUT2D eigenvalue weighted by Crippen LogP contribution is 2.13. The first-order chi connectivity index (χ1) is 6.24. The Kier molecular flexibility index (Phi) is 3.01. The first-order valence-corrected chi connectivity index (χ1v) is 3.81. The molecule has 0 aromatic heterocycles. The Bertz CT molecular complexity index is 350. The standard InChI is InChI=1S/C10H9NO2/c11-10(13)6-9(7-12)8-4-2-1-3-5-8/h1-5H,6H2,(H2,11,13). The van der Waals surface area contributed by atoms with Gasteiger partial charge in [-0.3, -0.25) is 4.79 Å². The van der Waals surface area contributed by atoms with Gasteiger partial charge >= 0.3 is 0 Å². The summed E-state index contributed by atoms with van der Waals surface area (Å²) >= 11 is 0. The first kappa shape index (κ1) is 9.23. The lowest BCUT2D eigenvalue weighted by atomic mass is 10.0. The van der Waals surface area contributed by atoms with E-state index in [1.54, 1.807) is 30.2 Å². The minimum atomic E-state index is -0.526. The van der Waals surface area contributed by atoms with Gasteiger partial charge < -0.3 is 5.73 Å². The number of nitrogens with two attached hydrogens (primary N) is 1. The zero-order valence-corrected chi connectivity index (χ0v) is 6.99. The topological polar surface area (TPSA) is 60.2 Å². The van der Waals surface area contributed by atoms with E-state index in [4.69, 9.17) is 5.73 Å². The van der Waals surface area contributed by atoms with Crippen molar-refractivity contribution in [3.05, 3.63) is 35.9 Å². The molecule has 0 fully saturated rings. The molecule has 13 heavy (non-hydrogen) atoms. The van der Waals surface area contributed by atoms with Crippen LogP contribution in [0.1, 0.15) is 12.0 Å². The van der Waals surface area contributed by atoms with Gasteiger partial charge in [0.05, 0.1) is 12.0 Å². The number of primary amides is 1. The highest BCUT2D eigenvalue weighted by molar-refractivity contribution is 5.97. The van der Waals surface area contributed by atoms with Gasteiger partial charge in [0, 0.05) is 0 Å². The number of amides is 1. The number of carbonyl (C=O) groups excluding carboxylic acids is 2. The van der Waals surface area contributed by atoms with Crippen molar-refractivity contribution in [3.8, 4) is 0 Å². The van der Waals surface area contributed by atoms with Gasteiger partial charge in [0.1, 0.15) is 5.94 Å². The molecule has 0 spiro atoms. The molecule has 3 nitrogen and oxygen atoms in total. The molecule has 0 saturated heterocycles. The van der Waals surface area contributed by atoms with Crippen molar-refractivity contribution in [1.29, 1.82) is 0 Å². The van der Waals surface area contributed by atoms with E-state index in [0.29, 0.717) is 11.1 Å². The predicted molar refractivity (Wildman–Crippen MR) is 49.4 cm³/mol. The van der Waals surface area contributed by atoms with Crippen LogP contribution in [-0.2, 0) is 9.59 Å². The van der Waals surface area contributed by atoms with Crippen molar-refractivity contribution in [3.63, 3.8) is 0 Å². The summed E-state index contributed by atoms with van der Waals surface area (Å²) in [6.07, 6.45) is -0.0620. The molecule has 0 aliphatic carbocycles. The molecule has 0 heterocycles. The Morgan fingerprint density at radius 1 is 1.31 bits per heavy atom. The lowest BCUT2D eigenvalue weighted by Gasteiger charge is -1.99. The van der Waals surface area contributed by atoms with Gasteiger partial charge in [0.25, 0.3) is 0 Å². The average molecular weight is 175 g/mol. The van der Waals surface area contributed by atoms with Crippen LogP contribution in [0.4, 0.5) is 0 Å². The minimum Gasteiger partial charge on any atom is -0.369 e. The van der Waals surface area contributed by atoms with Crippen LogP contribution in [-0.4, -0.2) is 11.8 Å². The lowest BCUT2D eigenvalue weighted by molar-refractivity contribution is -0.117. The Balaban J connectivity index is 2.93. The van der Waals surface area contributed by atoms with E-state index < -0.39 is 5.91 Å². The average Bonchev–Trinajstić information content (AvgIpc) is 2.15. The van der Waals surface area contributed by atoms with Crippen molar-refractivity contribution in [2.45, 2.75) is 6.42 Å². The number of carbonyl (C=O) groups is 1. The molecule has 1 amide bonds. The van der Waals surface area contributed by atoms with Crippen molar-refractivity contribution in [1.82, 2.24) is 0 Å². The van der Waals surface area contributed by atoms with Crippen molar-refractivity contribution < 1.29 is 9.59 Å². The smallest absolute Gasteiger partial charge is 0.222 e. The van der Waals surface area contributed by atoms with Gasteiger partial charge in [-0.2, -0.15) is 0 Å². The molecule has 1 aromatic carbocycles. The number of hydrogen-bond donors (Lipinski definition) is 1. The monoisotopic (exact) mass is 175 g/mol. The van der Waals surface area contributed by atoms with Gasteiger partial charge in [0.15, 0.2) is 0 Å². The van der Waals surface area contributed by atoms with Gasteiger partial charge in [0.2, 0.25) is 5.91 Å².